The van der Waals surface area contributed by atoms with E-state index in [1.54, 1.807) is 6.20 Å². The highest BCUT2D eigenvalue weighted by Crippen LogP contribution is 2.49. The van der Waals surface area contributed by atoms with Crippen molar-refractivity contribution < 1.29 is 9.53 Å². The van der Waals surface area contributed by atoms with Gasteiger partial charge in [0.1, 0.15) is 0 Å². The van der Waals surface area contributed by atoms with Crippen molar-refractivity contribution in [3.05, 3.63) is 12.4 Å². The van der Waals surface area contributed by atoms with E-state index in [1.165, 1.54) is 32.1 Å². The van der Waals surface area contributed by atoms with Crippen LogP contribution < -0.4 is 5.32 Å². The molecule has 6 nitrogen and oxygen atoms in total. The van der Waals surface area contributed by atoms with E-state index in [2.05, 4.69) is 15.3 Å². The molecule has 1 amide bonds. The fraction of sp³-hybridized carbons (Fsp3) is 0.789. The summed E-state index contributed by atoms with van der Waals surface area (Å²) in [5, 5.41) is 7.46. The summed E-state index contributed by atoms with van der Waals surface area (Å²) in [5.41, 5.74) is 0.835. The number of nitrogens with zero attached hydrogens (tertiary/aromatic N) is 3. The molecule has 138 valence electrons. The van der Waals surface area contributed by atoms with Gasteiger partial charge in [0.2, 0.25) is 5.91 Å². The van der Waals surface area contributed by atoms with E-state index >= 15 is 0 Å². The molecular weight excluding hydrogens is 316 g/mol. The molecule has 2 saturated carbocycles. The summed E-state index contributed by atoms with van der Waals surface area (Å²) in [7, 11) is 0. The van der Waals surface area contributed by atoms with Crippen molar-refractivity contribution in [1.82, 2.24) is 14.7 Å². The van der Waals surface area contributed by atoms with Crippen LogP contribution in [0, 0.1) is 17.8 Å². The molecule has 0 unspecified atom stereocenters. The van der Waals surface area contributed by atoms with Gasteiger partial charge in [0.25, 0.3) is 0 Å². The largest absolute Gasteiger partial charge is 0.379 e. The Morgan fingerprint density at radius 1 is 1.20 bits per heavy atom. The van der Waals surface area contributed by atoms with Gasteiger partial charge in [0.15, 0.2) is 0 Å². The highest BCUT2D eigenvalue weighted by atomic mass is 16.5. The van der Waals surface area contributed by atoms with Crippen LogP contribution in [-0.4, -0.2) is 53.4 Å². The Labute approximate surface area is 149 Å². The zero-order chi connectivity index (χ0) is 17.1. The van der Waals surface area contributed by atoms with Crippen molar-refractivity contribution in [3.63, 3.8) is 0 Å². The molecule has 0 radical (unpaired) electrons. The number of aromatic nitrogens is 2. The van der Waals surface area contributed by atoms with Crippen molar-refractivity contribution in [2.45, 2.75) is 45.1 Å². The van der Waals surface area contributed by atoms with E-state index in [0.29, 0.717) is 5.92 Å². The normalized spacial score (nSPS) is 28.0. The first-order chi connectivity index (χ1) is 12.3. The molecule has 1 aromatic heterocycles. The maximum absolute atomic E-state index is 12.5. The number of anilines is 1. The van der Waals surface area contributed by atoms with Gasteiger partial charge in [-0.1, -0.05) is 32.1 Å². The van der Waals surface area contributed by atoms with Crippen LogP contribution in [0.25, 0.3) is 0 Å². The number of ether oxygens (including phenoxy) is 1. The fourth-order valence-corrected chi connectivity index (χ4v) is 4.45. The summed E-state index contributed by atoms with van der Waals surface area (Å²) in [6.45, 7) is 5.47. The first kappa shape index (κ1) is 17.0. The first-order valence-electron chi connectivity index (χ1n) is 9.93. The van der Waals surface area contributed by atoms with Crippen LogP contribution in [0.4, 0.5) is 5.69 Å². The lowest BCUT2D eigenvalue weighted by molar-refractivity contribution is -0.117. The van der Waals surface area contributed by atoms with E-state index in [0.717, 1.165) is 57.4 Å². The van der Waals surface area contributed by atoms with E-state index < -0.39 is 0 Å². The van der Waals surface area contributed by atoms with Crippen molar-refractivity contribution in [1.29, 1.82) is 0 Å². The minimum atomic E-state index is 0.198. The second-order valence-electron chi connectivity index (χ2n) is 7.84. The number of carbonyl (C=O) groups excluding carboxylic acids is 1. The van der Waals surface area contributed by atoms with Crippen LogP contribution in [0.3, 0.4) is 0 Å². The number of hydrogen-bond acceptors (Lipinski definition) is 4. The Bertz CT molecular complexity index is 576. The summed E-state index contributed by atoms with van der Waals surface area (Å²) in [6, 6.07) is 0. The Morgan fingerprint density at radius 2 is 2.00 bits per heavy atom. The standard InChI is InChI=1S/C19H30N4O2/c24-19(18-12-17(18)15-4-2-1-3-5-15)21-16-13-20-23(14-16)7-6-22-8-10-25-11-9-22/h13-15,17-18H,1-12H2,(H,21,24)/t17-,18+/m1/s1. The second kappa shape index (κ2) is 7.87. The molecule has 6 heteroatoms. The Balaban J connectivity index is 1.22. The van der Waals surface area contributed by atoms with Gasteiger partial charge in [-0.3, -0.25) is 14.4 Å². The Hall–Kier alpha value is -1.40. The number of morpholine rings is 1. The van der Waals surface area contributed by atoms with Crippen LogP contribution in [0.5, 0.6) is 0 Å². The average molecular weight is 346 g/mol. The van der Waals surface area contributed by atoms with Gasteiger partial charge >= 0.3 is 0 Å². The molecule has 4 rings (SSSR count). The minimum absolute atomic E-state index is 0.198. The molecular formula is C19H30N4O2. The second-order valence-corrected chi connectivity index (χ2v) is 7.84. The number of nitrogens with one attached hydrogen (secondary N) is 1. The zero-order valence-corrected chi connectivity index (χ0v) is 15.0. The third-order valence-corrected chi connectivity index (χ3v) is 6.08. The molecule has 3 aliphatic rings. The van der Waals surface area contributed by atoms with Crippen molar-refractivity contribution in [2.75, 3.05) is 38.2 Å². The Kier molecular flexibility index (Phi) is 5.36. The smallest absolute Gasteiger partial charge is 0.227 e. The minimum Gasteiger partial charge on any atom is -0.379 e. The molecule has 0 bridgehead atoms. The molecule has 0 aromatic carbocycles. The van der Waals surface area contributed by atoms with Gasteiger partial charge in [-0.2, -0.15) is 5.10 Å². The first-order valence-corrected chi connectivity index (χ1v) is 9.93. The van der Waals surface area contributed by atoms with Crippen LogP contribution in [0.15, 0.2) is 12.4 Å². The highest BCUT2D eigenvalue weighted by Gasteiger charge is 2.47. The van der Waals surface area contributed by atoms with E-state index in [1.807, 2.05) is 10.9 Å². The lowest BCUT2D eigenvalue weighted by atomic mass is 9.85. The molecule has 25 heavy (non-hydrogen) atoms. The predicted octanol–water partition coefficient (Wildman–Crippen LogP) is 2.37. The van der Waals surface area contributed by atoms with Gasteiger partial charge < -0.3 is 10.1 Å². The molecule has 2 atom stereocenters. The van der Waals surface area contributed by atoms with Crippen LogP contribution >= 0.6 is 0 Å². The fourth-order valence-electron chi connectivity index (χ4n) is 4.45. The van der Waals surface area contributed by atoms with E-state index in [9.17, 15) is 4.79 Å². The zero-order valence-electron chi connectivity index (χ0n) is 15.0. The summed E-state index contributed by atoms with van der Waals surface area (Å²) in [5.74, 6) is 1.86. The van der Waals surface area contributed by atoms with Gasteiger partial charge in [-0.05, 0) is 18.3 Å². The van der Waals surface area contributed by atoms with Crippen molar-refractivity contribution >= 4 is 11.6 Å². The van der Waals surface area contributed by atoms with Gasteiger partial charge in [-0.25, -0.2) is 0 Å². The van der Waals surface area contributed by atoms with Crippen molar-refractivity contribution in [3.8, 4) is 0 Å². The summed E-state index contributed by atoms with van der Waals surface area (Å²) >= 11 is 0. The van der Waals surface area contributed by atoms with Crippen LogP contribution in [0.1, 0.15) is 38.5 Å². The molecule has 2 heterocycles. The van der Waals surface area contributed by atoms with E-state index in [-0.39, 0.29) is 11.8 Å². The molecule has 1 aromatic rings. The third kappa shape index (κ3) is 4.42. The molecule has 3 fully saturated rings. The molecule has 1 saturated heterocycles. The quantitative estimate of drug-likeness (QED) is 0.859. The summed E-state index contributed by atoms with van der Waals surface area (Å²) in [4.78, 5) is 14.9. The molecule has 0 spiro atoms. The summed E-state index contributed by atoms with van der Waals surface area (Å²) in [6.07, 6.45) is 11.6. The third-order valence-electron chi connectivity index (χ3n) is 6.08. The lowest BCUT2D eigenvalue weighted by Crippen LogP contribution is -2.38. The van der Waals surface area contributed by atoms with Gasteiger partial charge in [0, 0.05) is 31.7 Å². The number of rotatable bonds is 6. The van der Waals surface area contributed by atoms with Crippen LogP contribution in [-0.2, 0) is 16.1 Å². The number of amides is 1. The number of carbonyl (C=O) groups is 1. The van der Waals surface area contributed by atoms with Gasteiger partial charge in [-0.15, -0.1) is 0 Å². The maximum Gasteiger partial charge on any atom is 0.227 e. The lowest BCUT2D eigenvalue weighted by Gasteiger charge is -2.26. The Morgan fingerprint density at radius 3 is 2.80 bits per heavy atom. The predicted molar refractivity (Wildman–Crippen MR) is 96.3 cm³/mol. The number of hydrogen-bond donors (Lipinski definition) is 1. The highest BCUT2D eigenvalue weighted by molar-refractivity contribution is 5.94. The average Bonchev–Trinajstić information content (AvgIpc) is 3.35. The van der Waals surface area contributed by atoms with Crippen LogP contribution in [0.2, 0.25) is 0 Å². The molecule has 1 aliphatic heterocycles. The maximum atomic E-state index is 12.5. The van der Waals surface area contributed by atoms with E-state index in [4.69, 9.17) is 4.74 Å². The molecule has 2 aliphatic carbocycles. The molecule has 1 N–H and O–H groups in total. The summed E-state index contributed by atoms with van der Waals surface area (Å²) < 4.78 is 7.30. The SMILES string of the molecule is O=C(Nc1cnn(CCN2CCOCC2)c1)[C@H]1C[C@@H]1C1CCCCC1. The topological polar surface area (TPSA) is 59.4 Å². The van der Waals surface area contributed by atoms with Crippen molar-refractivity contribution in [2.24, 2.45) is 17.8 Å². The van der Waals surface area contributed by atoms with Gasteiger partial charge in [0.05, 0.1) is 31.6 Å². The monoisotopic (exact) mass is 346 g/mol.